The molecule has 1 saturated heterocycles. The molecule has 2 aromatic heterocycles. The van der Waals surface area contributed by atoms with Crippen molar-refractivity contribution in [1.82, 2.24) is 20.0 Å². The number of aromatic nitrogens is 3. The molecule has 1 aliphatic heterocycles. The van der Waals surface area contributed by atoms with Crippen LogP contribution >= 0.6 is 0 Å². The molecule has 2 aliphatic rings. The molecular weight excluding hydrogens is 354 g/mol. The van der Waals surface area contributed by atoms with Gasteiger partial charge in [0.15, 0.2) is 0 Å². The number of rotatable bonds is 4. The average molecular weight is 379 g/mol. The third-order valence-electron chi connectivity index (χ3n) is 6.00. The highest BCUT2D eigenvalue weighted by molar-refractivity contribution is 5.92. The summed E-state index contributed by atoms with van der Waals surface area (Å²) < 4.78 is 10.5. The van der Waals surface area contributed by atoms with Gasteiger partial charge in [0.1, 0.15) is 18.4 Å². The third-order valence-corrected chi connectivity index (χ3v) is 6.00. The molecule has 1 saturated carbocycles. The minimum Gasteiger partial charge on any atom is -0.379 e. The van der Waals surface area contributed by atoms with Crippen molar-refractivity contribution in [1.29, 1.82) is 0 Å². The third kappa shape index (κ3) is 3.59. The summed E-state index contributed by atoms with van der Waals surface area (Å²) in [5, 5.41) is 8.53. The van der Waals surface area contributed by atoms with Crippen LogP contribution in [0.1, 0.15) is 25.7 Å². The summed E-state index contributed by atoms with van der Waals surface area (Å²) in [4.78, 5) is 11.6. The number of ether oxygens (including phenoxy) is 1. The second kappa shape index (κ2) is 7.85. The predicted octanol–water partition coefficient (Wildman–Crippen LogP) is 3.34. The Balaban J connectivity index is 1.30. The van der Waals surface area contributed by atoms with E-state index in [-0.39, 0.29) is 0 Å². The van der Waals surface area contributed by atoms with Crippen LogP contribution in [0.5, 0.6) is 0 Å². The molecule has 28 heavy (non-hydrogen) atoms. The molecule has 0 atom stereocenters. The van der Waals surface area contributed by atoms with Gasteiger partial charge in [0.2, 0.25) is 0 Å². The number of nitrogens with one attached hydrogen (secondary N) is 1. The lowest BCUT2D eigenvalue weighted by Crippen LogP contribution is -2.46. The van der Waals surface area contributed by atoms with Gasteiger partial charge in [0.05, 0.1) is 24.9 Å². The Labute approximate surface area is 164 Å². The molecule has 0 bridgehead atoms. The molecule has 3 heterocycles. The zero-order valence-corrected chi connectivity index (χ0v) is 15.9. The molecular formula is C21H25N5O2. The van der Waals surface area contributed by atoms with Gasteiger partial charge in [-0.05, 0) is 43.4 Å². The van der Waals surface area contributed by atoms with Crippen LogP contribution in [-0.4, -0.2) is 58.4 Å². The van der Waals surface area contributed by atoms with E-state index in [1.165, 1.54) is 25.7 Å². The summed E-state index contributed by atoms with van der Waals surface area (Å²) in [6.07, 6.45) is 9.82. The van der Waals surface area contributed by atoms with Crippen LogP contribution in [-0.2, 0) is 4.74 Å². The van der Waals surface area contributed by atoms with Crippen LogP contribution < -0.4 is 5.32 Å². The highest BCUT2D eigenvalue weighted by atomic mass is 16.5. The minimum atomic E-state index is 0.453. The molecule has 146 valence electrons. The monoisotopic (exact) mass is 379 g/mol. The standard InChI is InChI=1S/C21H25N5O2/c1-6-20-19(11-15(1)16-12-24-28-13-16)21(23-14-22-20)25-17-2-4-18(5-3-17)26-7-9-27-10-8-26/h1,6,11-14,17-18H,2-5,7-10H2,(H,22,23,25). The van der Waals surface area contributed by atoms with E-state index in [1.54, 1.807) is 18.8 Å². The molecule has 1 aromatic carbocycles. The number of anilines is 1. The summed E-state index contributed by atoms with van der Waals surface area (Å²) >= 11 is 0. The number of benzene rings is 1. The van der Waals surface area contributed by atoms with Crippen molar-refractivity contribution in [3.05, 3.63) is 37.0 Å². The fourth-order valence-electron chi connectivity index (χ4n) is 4.42. The van der Waals surface area contributed by atoms with Gasteiger partial charge in [-0.25, -0.2) is 9.97 Å². The van der Waals surface area contributed by atoms with Crippen molar-refractivity contribution >= 4 is 16.7 Å². The van der Waals surface area contributed by atoms with Crippen molar-refractivity contribution in [2.75, 3.05) is 31.6 Å². The van der Waals surface area contributed by atoms with Crippen LogP contribution in [0.25, 0.3) is 22.0 Å². The average Bonchev–Trinajstić information content (AvgIpc) is 3.30. The highest BCUT2D eigenvalue weighted by Crippen LogP contribution is 2.30. The fraction of sp³-hybridized carbons (Fsp3) is 0.476. The van der Waals surface area contributed by atoms with Crippen molar-refractivity contribution in [3.63, 3.8) is 0 Å². The van der Waals surface area contributed by atoms with Gasteiger partial charge in [-0.15, -0.1) is 0 Å². The highest BCUT2D eigenvalue weighted by Gasteiger charge is 2.27. The molecule has 5 rings (SSSR count). The lowest BCUT2D eigenvalue weighted by atomic mass is 9.90. The van der Waals surface area contributed by atoms with E-state index in [4.69, 9.17) is 9.26 Å². The number of nitrogens with zero attached hydrogens (tertiary/aromatic N) is 4. The first-order valence-corrected chi connectivity index (χ1v) is 10.1. The SMILES string of the molecule is c1nc(NC2CCC(N3CCOCC3)CC2)c2cc(-c3cnoc3)ccc2n1. The molecule has 1 aliphatic carbocycles. The fourth-order valence-corrected chi connectivity index (χ4v) is 4.42. The van der Waals surface area contributed by atoms with Crippen LogP contribution in [0.15, 0.2) is 41.5 Å². The summed E-state index contributed by atoms with van der Waals surface area (Å²) in [7, 11) is 0. The van der Waals surface area contributed by atoms with Crippen LogP contribution in [0.3, 0.4) is 0 Å². The second-order valence-corrected chi connectivity index (χ2v) is 7.67. The maximum absolute atomic E-state index is 5.49. The largest absolute Gasteiger partial charge is 0.379 e. The Morgan fingerprint density at radius 3 is 2.64 bits per heavy atom. The minimum absolute atomic E-state index is 0.453. The maximum Gasteiger partial charge on any atom is 0.137 e. The number of morpholine rings is 1. The molecule has 1 N–H and O–H groups in total. The van der Waals surface area contributed by atoms with Gasteiger partial charge < -0.3 is 14.6 Å². The van der Waals surface area contributed by atoms with Gasteiger partial charge in [-0.1, -0.05) is 11.2 Å². The lowest BCUT2D eigenvalue weighted by molar-refractivity contribution is 0.00791. The first kappa shape index (κ1) is 17.6. The lowest BCUT2D eigenvalue weighted by Gasteiger charge is -2.39. The molecule has 2 fully saturated rings. The topological polar surface area (TPSA) is 76.3 Å². The first-order chi connectivity index (χ1) is 13.9. The van der Waals surface area contributed by atoms with Crippen molar-refractivity contribution in [2.24, 2.45) is 0 Å². The molecule has 7 nitrogen and oxygen atoms in total. The van der Waals surface area contributed by atoms with E-state index in [2.05, 4.69) is 31.4 Å². The number of fused-ring (bicyclic) bond motifs is 1. The van der Waals surface area contributed by atoms with E-state index < -0.39 is 0 Å². The molecule has 0 amide bonds. The van der Waals surface area contributed by atoms with Crippen molar-refractivity contribution < 1.29 is 9.26 Å². The van der Waals surface area contributed by atoms with E-state index in [9.17, 15) is 0 Å². The van der Waals surface area contributed by atoms with Crippen molar-refractivity contribution in [2.45, 2.75) is 37.8 Å². The Kier molecular flexibility index (Phi) is 4.93. The predicted molar refractivity (Wildman–Crippen MR) is 107 cm³/mol. The number of hydrogen-bond donors (Lipinski definition) is 1. The smallest absolute Gasteiger partial charge is 0.137 e. The van der Waals surface area contributed by atoms with Crippen LogP contribution in [0.2, 0.25) is 0 Å². The molecule has 3 aromatic rings. The van der Waals surface area contributed by atoms with E-state index in [0.29, 0.717) is 12.1 Å². The Bertz CT molecular complexity index is 916. The Morgan fingerprint density at radius 2 is 1.86 bits per heavy atom. The van der Waals surface area contributed by atoms with Gasteiger partial charge in [0.25, 0.3) is 0 Å². The maximum atomic E-state index is 5.49. The zero-order chi connectivity index (χ0) is 18.8. The van der Waals surface area contributed by atoms with Gasteiger partial charge in [-0.3, -0.25) is 4.90 Å². The Hall–Kier alpha value is -2.51. The van der Waals surface area contributed by atoms with Crippen molar-refractivity contribution in [3.8, 4) is 11.1 Å². The summed E-state index contributed by atoms with van der Waals surface area (Å²) in [5.74, 6) is 0.915. The Morgan fingerprint density at radius 1 is 1.00 bits per heavy atom. The van der Waals surface area contributed by atoms with Gasteiger partial charge >= 0.3 is 0 Å². The first-order valence-electron chi connectivity index (χ1n) is 10.1. The van der Waals surface area contributed by atoms with Gasteiger partial charge in [0, 0.05) is 36.1 Å². The molecule has 7 heteroatoms. The zero-order valence-electron chi connectivity index (χ0n) is 15.9. The molecule has 0 unspecified atom stereocenters. The summed E-state index contributed by atoms with van der Waals surface area (Å²) in [6.45, 7) is 3.90. The van der Waals surface area contributed by atoms with E-state index in [0.717, 1.165) is 54.2 Å². The quantitative estimate of drug-likeness (QED) is 0.745. The summed E-state index contributed by atoms with van der Waals surface area (Å²) in [5.41, 5.74) is 2.96. The normalized spacial score (nSPS) is 23.7. The van der Waals surface area contributed by atoms with Crippen LogP contribution in [0, 0.1) is 0 Å². The number of hydrogen-bond acceptors (Lipinski definition) is 7. The van der Waals surface area contributed by atoms with Crippen LogP contribution in [0.4, 0.5) is 5.82 Å². The van der Waals surface area contributed by atoms with E-state index in [1.807, 2.05) is 12.1 Å². The molecule has 0 radical (unpaired) electrons. The molecule has 0 spiro atoms. The van der Waals surface area contributed by atoms with Gasteiger partial charge in [-0.2, -0.15) is 0 Å². The second-order valence-electron chi connectivity index (χ2n) is 7.67. The van der Waals surface area contributed by atoms with E-state index >= 15 is 0 Å². The summed E-state index contributed by atoms with van der Waals surface area (Å²) in [6, 6.07) is 7.33.